The zero-order chi connectivity index (χ0) is 17.8. The predicted octanol–water partition coefficient (Wildman–Crippen LogP) is 4.69. The van der Waals surface area contributed by atoms with Gasteiger partial charge in [0.05, 0.1) is 11.5 Å². The third-order valence-corrected chi connectivity index (χ3v) is 7.11. The monoisotopic (exact) mass is 360 g/mol. The molecule has 2 aromatic rings. The quantitative estimate of drug-likeness (QED) is 0.621. The molecule has 1 heterocycles. The molecule has 5 rings (SSSR count). The third kappa shape index (κ3) is 2.92. The highest BCUT2D eigenvalue weighted by Crippen LogP contribution is 2.61. The van der Waals surface area contributed by atoms with E-state index in [1.165, 1.54) is 12.8 Å². The molecule has 0 aliphatic heterocycles. The Labute approximate surface area is 154 Å². The Morgan fingerprint density at radius 1 is 1.36 bits per heavy atom. The number of hydrogen-bond donors (Lipinski definition) is 1. The predicted molar refractivity (Wildman–Crippen MR) is 102 cm³/mol. The van der Waals surface area contributed by atoms with E-state index in [-0.39, 0.29) is 6.10 Å². The van der Waals surface area contributed by atoms with Gasteiger partial charge in [-0.1, -0.05) is 39.0 Å². The van der Waals surface area contributed by atoms with Crippen LogP contribution in [0.5, 0.6) is 0 Å². The van der Waals surface area contributed by atoms with E-state index in [1.54, 1.807) is 6.26 Å². The van der Waals surface area contributed by atoms with Crippen molar-refractivity contribution in [2.45, 2.75) is 51.4 Å². The smallest absolute Gasteiger partial charge is 0.464 e. The Bertz CT molecular complexity index is 758. The zero-order valence-corrected chi connectivity index (χ0v) is 15.9. The van der Waals surface area contributed by atoms with Gasteiger partial charge < -0.3 is 14.1 Å². The summed E-state index contributed by atoms with van der Waals surface area (Å²) in [6.07, 6.45) is 4.75. The topological polar surface area (TPSA) is 42.6 Å². The Balaban J connectivity index is 1.43. The molecule has 25 heavy (non-hydrogen) atoms. The average Bonchev–Trinajstić information content (AvgIpc) is 2.99. The minimum Gasteiger partial charge on any atom is -0.464 e. The summed E-state index contributed by atoms with van der Waals surface area (Å²) in [6.45, 7) is 6.89. The van der Waals surface area contributed by atoms with Gasteiger partial charge in [-0.25, -0.2) is 0 Å². The van der Waals surface area contributed by atoms with Crippen LogP contribution in [0.15, 0.2) is 34.9 Å². The van der Waals surface area contributed by atoms with Crippen molar-refractivity contribution < 1.29 is 14.1 Å². The lowest BCUT2D eigenvalue weighted by atomic mass is 9.45. The van der Waals surface area contributed by atoms with Crippen molar-refractivity contribution in [2.75, 3.05) is 0 Å². The molecule has 2 bridgehead atoms. The molecule has 0 radical (unpaired) electrons. The highest BCUT2D eigenvalue weighted by Gasteiger charge is 2.57. The Morgan fingerprint density at radius 2 is 2.12 bits per heavy atom. The highest BCUT2D eigenvalue weighted by atomic mass is 35.5. The summed E-state index contributed by atoms with van der Waals surface area (Å²) in [5, 5.41) is 11.1. The summed E-state index contributed by atoms with van der Waals surface area (Å²) in [4.78, 5) is 0. The number of fused-ring (bicyclic) bond motifs is 3. The van der Waals surface area contributed by atoms with Crippen molar-refractivity contribution in [2.24, 2.45) is 23.2 Å². The van der Waals surface area contributed by atoms with Gasteiger partial charge >= 0.3 is 7.12 Å². The van der Waals surface area contributed by atoms with E-state index in [4.69, 9.17) is 20.7 Å². The molecule has 0 saturated heterocycles. The average molecular weight is 361 g/mol. The lowest BCUT2D eigenvalue weighted by Crippen LogP contribution is -2.60. The van der Waals surface area contributed by atoms with Gasteiger partial charge in [0.2, 0.25) is 0 Å². The van der Waals surface area contributed by atoms with E-state index < -0.39 is 12.4 Å². The number of benzene rings is 1. The molecular formula is C20H26BClO3. The lowest BCUT2D eigenvalue weighted by Gasteiger charge is -2.62. The van der Waals surface area contributed by atoms with Gasteiger partial charge in [-0.15, -0.1) is 11.6 Å². The molecule has 0 spiro atoms. The van der Waals surface area contributed by atoms with Crippen molar-refractivity contribution in [3.05, 3.63) is 36.1 Å². The number of halogens is 1. The summed E-state index contributed by atoms with van der Waals surface area (Å²) in [7, 11) is -0.962. The van der Waals surface area contributed by atoms with Gasteiger partial charge in [0, 0.05) is 11.5 Å². The Morgan fingerprint density at radius 3 is 2.88 bits per heavy atom. The second kappa shape index (κ2) is 6.33. The summed E-state index contributed by atoms with van der Waals surface area (Å²) in [6, 6.07) is 7.89. The molecule has 3 aliphatic carbocycles. The molecular weight excluding hydrogens is 334 g/mol. The Hall–Kier alpha value is -0.965. The van der Waals surface area contributed by atoms with Crippen molar-refractivity contribution >= 4 is 29.7 Å². The molecule has 0 unspecified atom stereocenters. The molecule has 3 saturated carbocycles. The molecule has 3 fully saturated rings. The Kier molecular flexibility index (Phi) is 4.42. The van der Waals surface area contributed by atoms with E-state index in [1.807, 2.05) is 24.3 Å². The maximum atomic E-state index is 10.6. The molecule has 1 aromatic heterocycles. The third-order valence-electron chi connectivity index (χ3n) is 6.74. The molecule has 0 amide bonds. The van der Waals surface area contributed by atoms with Crippen LogP contribution < -0.4 is 0 Å². The molecule has 3 aliphatic rings. The second-order valence-corrected chi connectivity index (χ2v) is 9.10. The first kappa shape index (κ1) is 17.4. The molecule has 134 valence electrons. The summed E-state index contributed by atoms with van der Waals surface area (Å²) in [5.74, 6) is 1.80. The van der Waals surface area contributed by atoms with Crippen molar-refractivity contribution in [1.29, 1.82) is 0 Å². The number of furan rings is 1. The fourth-order valence-electron chi connectivity index (χ4n) is 4.97. The van der Waals surface area contributed by atoms with Crippen molar-refractivity contribution in [3.63, 3.8) is 0 Å². The minimum absolute atomic E-state index is 0.0948. The fraction of sp³-hybridized carbons (Fsp3) is 0.600. The van der Waals surface area contributed by atoms with Gasteiger partial charge in [0.25, 0.3) is 0 Å². The molecule has 5 heteroatoms. The van der Waals surface area contributed by atoms with Gasteiger partial charge in [-0.3, -0.25) is 0 Å². The van der Waals surface area contributed by atoms with Crippen LogP contribution in [0.2, 0.25) is 0 Å². The van der Waals surface area contributed by atoms with Crippen LogP contribution >= 0.6 is 11.6 Å². The number of rotatable bonds is 5. The van der Waals surface area contributed by atoms with Crippen LogP contribution in [-0.4, -0.2) is 23.5 Å². The summed E-state index contributed by atoms with van der Waals surface area (Å²) >= 11 is 6.50. The van der Waals surface area contributed by atoms with E-state index >= 15 is 0 Å². The summed E-state index contributed by atoms with van der Waals surface area (Å²) < 4.78 is 11.7. The van der Waals surface area contributed by atoms with Crippen molar-refractivity contribution in [3.8, 4) is 0 Å². The molecule has 3 nitrogen and oxygen atoms in total. The minimum atomic E-state index is -0.962. The van der Waals surface area contributed by atoms with Crippen LogP contribution in [0.1, 0.15) is 39.2 Å². The van der Waals surface area contributed by atoms with Crippen LogP contribution in [0.3, 0.4) is 0 Å². The zero-order valence-electron chi connectivity index (χ0n) is 15.1. The van der Waals surface area contributed by atoms with Crippen LogP contribution in [-0.2, 0) is 11.1 Å². The number of para-hydroxylation sites is 1. The number of hydrogen-bond acceptors (Lipinski definition) is 3. The van der Waals surface area contributed by atoms with Crippen LogP contribution in [0.4, 0.5) is 0 Å². The number of alkyl halides is 1. The first-order chi connectivity index (χ1) is 11.9. The first-order valence-corrected chi connectivity index (χ1v) is 9.74. The highest BCUT2D eigenvalue weighted by molar-refractivity contribution is 6.58. The SMILES string of the molecule is C[C@@H]1C[C@@H]2C[C@H]([C@@H]1OB(O)[C@H](Cl)Cc1coc3ccccc13)C2(C)C. The lowest BCUT2D eigenvalue weighted by molar-refractivity contribution is -0.160. The fourth-order valence-corrected chi connectivity index (χ4v) is 5.20. The van der Waals surface area contributed by atoms with Gasteiger partial charge in [-0.05, 0) is 54.1 Å². The normalized spacial score (nSPS) is 31.6. The second-order valence-electron chi connectivity index (χ2n) is 8.54. The largest absolute Gasteiger partial charge is 0.473 e. The maximum Gasteiger partial charge on any atom is 0.473 e. The summed E-state index contributed by atoms with van der Waals surface area (Å²) in [5.41, 5.74) is 2.18. The molecule has 1 N–H and O–H groups in total. The van der Waals surface area contributed by atoms with E-state index in [0.717, 1.165) is 22.5 Å². The van der Waals surface area contributed by atoms with E-state index in [0.29, 0.717) is 23.7 Å². The van der Waals surface area contributed by atoms with Gasteiger partial charge in [0.1, 0.15) is 5.58 Å². The van der Waals surface area contributed by atoms with Crippen LogP contribution in [0.25, 0.3) is 11.0 Å². The molecule has 1 aromatic carbocycles. The van der Waals surface area contributed by atoms with E-state index in [2.05, 4.69) is 20.8 Å². The van der Waals surface area contributed by atoms with Crippen molar-refractivity contribution in [1.82, 2.24) is 0 Å². The van der Waals surface area contributed by atoms with Gasteiger partial charge in [-0.2, -0.15) is 0 Å². The maximum absolute atomic E-state index is 10.6. The molecule has 5 atom stereocenters. The van der Waals surface area contributed by atoms with Crippen LogP contribution in [0, 0.1) is 23.2 Å². The first-order valence-electron chi connectivity index (χ1n) is 9.30. The standard InChI is InChI=1S/C20H26BClO3/c1-12-8-14-10-16(20(14,2)3)19(12)25-21(23)18(22)9-13-11-24-17-7-5-4-6-15(13)17/h4-7,11-12,14,16,18-19,23H,8-10H2,1-3H3/t12-,14-,16-,18-,19-/m1/s1. The van der Waals surface area contributed by atoms with E-state index in [9.17, 15) is 5.02 Å². The van der Waals surface area contributed by atoms with Gasteiger partial charge in [0.15, 0.2) is 0 Å².